The zero-order valence-corrected chi connectivity index (χ0v) is 29.5. The Hall–Kier alpha value is -7.86. The van der Waals surface area contributed by atoms with Crippen molar-refractivity contribution >= 4 is 65.4 Å². The van der Waals surface area contributed by atoms with Gasteiger partial charge in [0.05, 0.1) is 56.0 Å². The SMILES string of the molecule is N#Cc1ccc2c(c1)c1ccccc1n2-c1ccc2c3ccccc3n(-c3cc(-c4ccc(-n5c6ccccc6c6ccccc65)cc4)ccc3C#N)c2c1. The molecule has 55 heavy (non-hydrogen) atoms. The van der Waals surface area contributed by atoms with Gasteiger partial charge in [0.2, 0.25) is 0 Å². The quantitative estimate of drug-likeness (QED) is 0.184. The van der Waals surface area contributed by atoms with Crippen molar-refractivity contribution in [2.24, 2.45) is 0 Å². The van der Waals surface area contributed by atoms with Gasteiger partial charge in [-0.2, -0.15) is 10.5 Å². The third kappa shape index (κ3) is 4.51. The summed E-state index contributed by atoms with van der Waals surface area (Å²) in [6, 6.07) is 66.0. The summed E-state index contributed by atoms with van der Waals surface area (Å²) >= 11 is 0. The van der Waals surface area contributed by atoms with Crippen LogP contribution in [0, 0.1) is 22.7 Å². The van der Waals surface area contributed by atoms with Gasteiger partial charge in [-0.25, -0.2) is 0 Å². The van der Waals surface area contributed by atoms with E-state index in [1.165, 1.54) is 21.8 Å². The second-order valence-electron chi connectivity index (χ2n) is 14.0. The second kappa shape index (κ2) is 11.8. The van der Waals surface area contributed by atoms with E-state index >= 15 is 0 Å². The van der Waals surface area contributed by atoms with Crippen LogP contribution in [-0.4, -0.2) is 13.7 Å². The minimum absolute atomic E-state index is 0.597. The molecule has 0 unspecified atom stereocenters. The van der Waals surface area contributed by atoms with Crippen molar-refractivity contribution in [3.63, 3.8) is 0 Å². The van der Waals surface area contributed by atoms with Gasteiger partial charge < -0.3 is 13.7 Å². The Bertz CT molecular complexity index is 3400. The first-order valence-corrected chi connectivity index (χ1v) is 18.3. The van der Waals surface area contributed by atoms with Crippen LogP contribution in [0.1, 0.15) is 11.1 Å². The highest BCUT2D eigenvalue weighted by Crippen LogP contribution is 2.39. The lowest BCUT2D eigenvalue weighted by Crippen LogP contribution is -2.00. The molecule has 0 spiro atoms. The molecule has 0 aliphatic rings. The Labute approximate surface area is 316 Å². The Kier molecular flexibility index (Phi) is 6.61. The van der Waals surface area contributed by atoms with E-state index in [9.17, 15) is 10.5 Å². The minimum Gasteiger partial charge on any atom is -0.309 e. The van der Waals surface area contributed by atoms with Crippen LogP contribution >= 0.6 is 0 Å². The van der Waals surface area contributed by atoms with E-state index < -0.39 is 0 Å². The number of fused-ring (bicyclic) bond motifs is 9. The first-order chi connectivity index (χ1) is 27.2. The van der Waals surface area contributed by atoms with Gasteiger partial charge in [-0.3, -0.25) is 0 Å². The summed E-state index contributed by atoms with van der Waals surface area (Å²) in [4.78, 5) is 0. The zero-order chi connectivity index (χ0) is 36.6. The number of hydrogen-bond donors (Lipinski definition) is 0. The lowest BCUT2D eigenvalue weighted by molar-refractivity contribution is 1.15. The molecule has 0 N–H and O–H groups in total. The predicted octanol–water partition coefficient (Wildman–Crippen LogP) is 12.4. The molecule has 254 valence electrons. The summed E-state index contributed by atoms with van der Waals surface area (Å²) in [5.74, 6) is 0. The molecule has 0 aliphatic heterocycles. The van der Waals surface area contributed by atoms with Crippen molar-refractivity contribution in [1.82, 2.24) is 13.7 Å². The maximum Gasteiger partial charge on any atom is 0.101 e. The van der Waals surface area contributed by atoms with Gasteiger partial charge >= 0.3 is 0 Å². The van der Waals surface area contributed by atoms with E-state index in [2.05, 4.69) is 165 Å². The smallest absolute Gasteiger partial charge is 0.101 e. The Balaban J connectivity index is 1.09. The van der Waals surface area contributed by atoms with E-state index in [0.29, 0.717) is 11.1 Å². The molecule has 3 heterocycles. The molecule has 0 saturated carbocycles. The van der Waals surface area contributed by atoms with Crippen molar-refractivity contribution in [2.75, 3.05) is 0 Å². The minimum atomic E-state index is 0.597. The van der Waals surface area contributed by atoms with Crippen molar-refractivity contribution < 1.29 is 0 Å². The summed E-state index contributed by atoms with van der Waals surface area (Å²) in [6.07, 6.45) is 0. The molecule has 8 aromatic carbocycles. The zero-order valence-electron chi connectivity index (χ0n) is 29.5. The molecule has 0 saturated heterocycles. The monoisotopic (exact) mass is 699 g/mol. The summed E-state index contributed by atoms with van der Waals surface area (Å²) in [6.45, 7) is 0. The van der Waals surface area contributed by atoms with E-state index in [-0.39, 0.29) is 0 Å². The number of para-hydroxylation sites is 4. The molecule has 0 radical (unpaired) electrons. The van der Waals surface area contributed by atoms with Crippen LogP contribution in [0.25, 0.3) is 93.6 Å². The fraction of sp³-hybridized carbons (Fsp3) is 0. The Morgan fingerprint density at radius 3 is 1.42 bits per heavy atom. The molecule has 11 rings (SSSR count). The van der Waals surface area contributed by atoms with Gasteiger partial charge in [-0.1, -0.05) is 97.1 Å². The molecule has 11 aromatic rings. The van der Waals surface area contributed by atoms with Gasteiger partial charge in [-0.15, -0.1) is 0 Å². The molecule has 0 atom stereocenters. The largest absolute Gasteiger partial charge is 0.309 e. The first-order valence-electron chi connectivity index (χ1n) is 18.3. The average molecular weight is 700 g/mol. The second-order valence-corrected chi connectivity index (χ2v) is 14.0. The summed E-state index contributed by atoms with van der Waals surface area (Å²) in [7, 11) is 0. The molecular formula is C50H29N5. The first kappa shape index (κ1) is 30.7. The average Bonchev–Trinajstić information content (AvgIpc) is 3.88. The third-order valence-electron chi connectivity index (χ3n) is 11.1. The van der Waals surface area contributed by atoms with Crippen molar-refractivity contribution in [1.29, 1.82) is 10.5 Å². The number of nitrogens with zero attached hydrogens (tertiary/aromatic N) is 5. The van der Waals surface area contributed by atoms with E-state index in [0.717, 1.165) is 71.8 Å². The molecular weight excluding hydrogens is 671 g/mol. The van der Waals surface area contributed by atoms with E-state index in [1.54, 1.807) is 0 Å². The lowest BCUT2D eigenvalue weighted by atomic mass is 10.0. The molecule has 5 heteroatoms. The van der Waals surface area contributed by atoms with Gasteiger partial charge in [-0.05, 0) is 90.0 Å². The standard InChI is InChI=1S/C50H29N5/c51-30-32-17-26-48-43(27-32)41-12-4-7-15-46(41)54(48)37-24-25-42-40-11-3-8-16-47(40)55(50(42)29-37)49-28-34(18-19-35(49)31-52)33-20-22-36(23-21-33)53-44-13-5-1-9-38(44)39-10-2-6-14-45(39)53/h1-29H. The Morgan fingerprint density at radius 2 is 0.818 bits per heavy atom. The highest BCUT2D eigenvalue weighted by atomic mass is 15.0. The van der Waals surface area contributed by atoms with Crippen LogP contribution in [0.5, 0.6) is 0 Å². The molecule has 0 aliphatic carbocycles. The van der Waals surface area contributed by atoms with Gasteiger partial charge in [0.25, 0.3) is 0 Å². The van der Waals surface area contributed by atoms with Crippen molar-refractivity contribution in [3.05, 3.63) is 187 Å². The fourth-order valence-electron chi connectivity index (χ4n) is 8.67. The highest BCUT2D eigenvalue weighted by molar-refractivity contribution is 6.13. The van der Waals surface area contributed by atoms with Crippen LogP contribution in [0.3, 0.4) is 0 Å². The molecule has 0 fully saturated rings. The fourth-order valence-corrected chi connectivity index (χ4v) is 8.67. The summed E-state index contributed by atoms with van der Waals surface area (Å²) in [5.41, 5.74) is 12.8. The van der Waals surface area contributed by atoms with E-state index in [1.807, 2.05) is 36.4 Å². The normalized spacial score (nSPS) is 11.6. The maximum absolute atomic E-state index is 10.5. The topological polar surface area (TPSA) is 62.4 Å². The van der Waals surface area contributed by atoms with Gasteiger partial charge in [0, 0.05) is 43.7 Å². The number of benzene rings is 8. The number of aromatic nitrogens is 3. The van der Waals surface area contributed by atoms with Crippen molar-refractivity contribution in [3.8, 4) is 40.3 Å². The molecule has 5 nitrogen and oxygen atoms in total. The summed E-state index contributed by atoms with van der Waals surface area (Å²) < 4.78 is 6.84. The van der Waals surface area contributed by atoms with Gasteiger partial charge in [0.1, 0.15) is 6.07 Å². The number of nitriles is 2. The molecule has 0 amide bonds. The van der Waals surface area contributed by atoms with Crippen LogP contribution in [0.15, 0.2) is 176 Å². The third-order valence-corrected chi connectivity index (χ3v) is 11.1. The predicted molar refractivity (Wildman–Crippen MR) is 224 cm³/mol. The van der Waals surface area contributed by atoms with Crippen molar-refractivity contribution in [2.45, 2.75) is 0 Å². The van der Waals surface area contributed by atoms with Crippen LogP contribution in [0.4, 0.5) is 0 Å². The Morgan fingerprint density at radius 1 is 0.327 bits per heavy atom. The summed E-state index contributed by atoms with van der Waals surface area (Å²) in [5, 5.41) is 27.1. The molecule has 3 aromatic heterocycles. The van der Waals surface area contributed by atoms with Crippen LogP contribution in [0.2, 0.25) is 0 Å². The van der Waals surface area contributed by atoms with E-state index in [4.69, 9.17) is 0 Å². The number of hydrogen-bond acceptors (Lipinski definition) is 2. The van der Waals surface area contributed by atoms with Crippen LogP contribution in [-0.2, 0) is 0 Å². The maximum atomic E-state index is 10.5. The highest BCUT2D eigenvalue weighted by Gasteiger charge is 2.19. The van der Waals surface area contributed by atoms with Gasteiger partial charge in [0.15, 0.2) is 0 Å². The lowest BCUT2D eigenvalue weighted by Gasteiger charge is -2.14. The van der Waals surface area contributed by atoms with Crippen LogP contribution < -0.4 is 0 Å². The molecule has 0 bridgehead atoms. The number of rotatable bonds is 4.